The monoisotopic (exact) mass is 259 g/mol. The Bertz CT molecular complexity index is 426. The van der Waals surface area contributed by atoms with Crippen LogP contribution in [0, 0.1) is 0 Å². The van der Waals surface area contributed by atoms with Crippen molar-refractivity contribution < 1.29 is 14.3 Å². The van der Waals surface area contributed by atoms with E-state index in [2.05, 4.69) is 4.74 Å². The highest BCUT2D eigenvalue weighted by atomic mass is 32.2. The first-order valence-electron chi connectivity index (χ1n) is 4.67. The molecule has 0 atom stereocenters. The van der Waals surface area contributed by atoms with Gasteiger partial charge in [-0.05, 0) is 5.75 Å². The standard InChI is InChI=1S/C10H13NO3S2/c1-4-15-10-6(9(13)14-3)7(11)8(16-10)5(2)12/h4,11H2,1-3H3. The molecule has 0 saturated carbocycles. The third-order valence-corrected chi connectivity index (χ3v) is 4.36. The van der Waals surface area contributed by atoms with Gasteiger partial charge in [-0.25, -0.2) is 4.79 Å². The largest absolute Gasteiger partial charge is 0.465 e. The minimum Gasteiger partial charge on any atom is -0.465 e. The summed E-state index contributed by atoms with van der Waals surface area (Å²) < 4.78 is 5.41. The summed E-state index contributed by atoms with van der Waals surface area (Å²) >= 11 is 2.73. The van der Waals surface area contributed by atoms with Crippen molar-refractivity contribution in [2.24, 2.45) is 0 Å². The zero-order valence-electron chi connectivity index (χ0n) is 9.33. The summed E-state index contributed by atoms with van der Waals surface area (Å²) in [7, 11) is 1.30. The van der Waals surface area contributed by atoms with Crippen LogP contribution in [0.15, 0.2) is 4.21 Å². The molecular weight excluding hydrogens is 246 g/mol. The molecule has 0 spiro atoms. The molecular formula is C10H13NO3S2. The summed E-state index contributed by atoms with van der Waals surface area (Å²) in [5.41, 5.74) is 6.35. The number of nitrogen functional groups attached to an aromatic ring is 1. The van der Waals surface area contributed by atoms with Gasteiger partial charge in [-0.1, -0.05) is 6.92 Å². The maximum Gasteiger partial charge on any atom is 0.342 e. The Morgan fingerprint density at radius 3 is 2.56 bits per heavy atom. The van der Waals surface area contributed by atoms with Crippen molar-refractivity contribution in [2.45, 2.75) is 18.1 Å². The molecule has 88 valence electrons. The molecule has 2 N–H and O–H groups in total. The highest BCUT2D eigenvalue weighted by molar-refractivity contribution is 8.01. The third-order valence-electron chi connectivity index (χ3n) is 1.90. The van der Waals surface area contributed by atoms with Crippen LogP contribution < -0.4 is 5.73 Å². The van der Waals surface area contributed by atoms with Gasteiger partial charge in [-0.15, -0.1) is 23.1 Å². The van der Waals surface area contributed by atoms with Gasteiger partial charge in [0.2, 0.25) is 0 Å². The van der Waals surface area contributed by atoms with E-state index in [0.717, 1.165) is 9.96 Å². The highest BCUT2D eigenvalue weighted by Gasteiger charge is 2.24. The molecule has 0 aliphatic heterocycles. The molecule has 4 nitrogen and oxygen atoms in total. The summed E-state index contributed by atoms with van der Waals surface area (Å²) in [6.07, 6.45) is 0. The van der Waals surface area contributed by atoms with Gasteiger partial charge in [-0.3, -0.25) is 4.79 Å². The van der Waals surface area contributed by atoms with Crippen LogP contribution in [-0.2, 0) is 4.74 Å². The van der Waals surface area contributed by atoms with E-state index >= 15 is 0 Å². The average molecular weight is 259 g/mol. The first-order chi connectivity index (χ1) is 7.52. The van der Waals surface area contributed by atoms with Crippen LogP contribution in [0.3, 0.4) is 0 Å². The molecule has 0 aliphatic carbocycles. The molecule has 0 saturated heterocycles. The zero-order valence-corrected chi connectivity index (χ0v) is 11.0. The number of ketones is 1. The minimum absolute atomic E-state index is 0.129. The van der Waals surface area contributed by atoms with Crippen molar-refractivity contribution in [3.05, 3.63) is 10.4 Å². The van der Waals surface area contributed by atoms with E-state index < -0.39 is 5.97 Å². The van der Waals surface area contributed by atoms with Gasteiger partial charge in [0, 0.05) is 6.92 Å². The van der Waals surface area contributed by atoms with Crippen molar-refractivity contribution in [1.82, 2.24) is 0 Å². The van der Waals surface area contributed by atoms with Gasteiger partial charge < -0.3 is 10.5 Å². The number of methoxy groups -OCH3 is 1. The molecule has 1 aromatic heterocycles. The molecule has 0 aromatic carbocycles. The number of rotatable bonds is 4. The second-order valence-electron chi connectivity index (χ2n) is 2.99. The van der Waals surface area contributed by atoms with E-state index in [4.69, 9.17) is 5.73 Å². The van der Waals surface area contributed by atoms with Crippen LogP contribution in [-0.4, -0.2) is 24.6 Å². The maximum atomic E-state index is 11.5. The highest BCUT2D eigenvalue weighted by Crippen LogP contribution is 2.38. The van der Waals surface area contributed by atoms with E-state index in [9.17, 15) is 9.59 Å². The number of carbonyl (C=O) groups is 2. The van der Waals surface area contributed by atoms with Crippen molar-refractivity contribution in [1.29, 1.82) is 0 Å². The minimum atomic E-state index is -0.489. The van der Waals surface area contributed by atoms with Crippen LogP contribution in [0.5, 0.6) is 0 Å². The van der Waals surface area contributed by atoms with E-state index in [1.807, 2.05) is 6.92 Å². The number of Topliss-reactive ketones (excluding diaryl/α,β-unsaturated/α-hetero) is 1. The van der Waals surface area contributed by atoms with Crippen molar-refractivity contribution in [3.8, 4) is 0 Å². The predicted molar refractivity (Wildman–Crippen MR) is 66.5 cm³/mol. The number of thiophene rings is 1. The van der Waals surface area contributed by atoms with Crippen molar-refractivity contribution >= 4 is 40.5 Å². The van der Waals surface area contributed by atoms with E-state index in [1.54, 1.807) is 0 Å². The molecule has 0 aliphatic rings. The molecule has 16 heavy (non-hydrogen) atoms. The zero-order chi connectivity index (χ0) is 12.3. The first kappa shape index (κ1) is 13.1. The number of anilines is 1. The lowest BCUT2D eigenvalue weighted by Crippen LogP contribution is -2.06. The number of carbonyl (C=O) groups excluding carboxylic acids is 2. The summed E-state index contributed by atoms with van der Waals surface area (Å²) in [4.78, 5) is 23.3. The smallest absolute Gasteiger partial charge is 0.342 e. The summed E-state index contributed by atoms with van der Waals surface area (Å²) in [6.45, 7) is 3.40. The molecule has 1 rings (SSSR count). The molecule has 0 fully saturated rings. The second kappa shape index (κ2) is 5.36. The van der Waals surface area contributed by atoms with E-state index in [1.165, 1.54) is 37.1 Å². The average Bonchev–Trinajstić information content (AvgIpc) is 2.55. The second-order valence-corrected chi connectivity index (χ2v) is 5.54. The van der Waals surface area contributed by atoms with Gasteiger partial charge in [0.25, 0.3) is 0 Å². The molecule has 1 heterocycles. The SMILES string of the molecule is CCSc1sc(C(C)=O)c(N)c1C(=O)OC. The number of esters is 1. The summed E-state index contributed by atoms with van der Waals surface area (Å²) in [6, 6.07) is 0. The van der Waals surface area contributed by atoms with Crippen molar-refractivity contribution in [3.63, 3.8) is 0 Å². The van der Waals surface area contributed by atoms with E-state index in [0.29, 0.717) is 10.4 Å². The lowest BCUT2D eigenvalue weighted by Gasteiger charge is -2.01. The van der Waals surface area contributed by atoms with Crippen LogP contribution in [0.2, 0.25) is 0 Å². The number of hydrogen-bond acceptors (Lipinski definition) is 6. The molecule has 0 amide bonds. The maximum absolute atomic E-state index is 11.5. The van der Waals surface area contributed by atoms with E-state index in [-0.39, 0.29) is 11.5 Å². The number of nitrogens with two attached hydrogens (primary N) is 1. The van der Waals surface area contributed by atoms with Crippen LogP contribution in [0.4, 0.5) is 5.69 Å². The molecule has 1 aromatic rings. The Labute approximate surface area is 102 Å². The lowest BCUT2D eigenvalue weighted by molar-refractivity contribution is 0.0599. The van der Waals surface area contributed by atoms with Crippen LogP contribution >= 0.6 is 23.1 Å². The Kier molecular flexibility index (Phi) is 4.37. The van der Waals surface area contributed by atoms with Gasteiger partial charge in [-0.2, -0.15) is 0 Å². The third kappa shape index (κ3) is 2.38. The van der Waals surface area contributed by atoms with Gasteiger partial charge in [0.15, 0.2) is 5.78 Å². The number of hydrogen-bond donors (Lipinski definition) is 1. The van der Waals surface area contributed by atoms with Gasteiger partial charge >= 0.3 is 5.97 Å². The fourth-order valence-corrected chi connectivity index (χ4v) is 3.49. The first-order valence-corrected chi connectivity index (χ1v) is 6.47. The Morgan fingerprint density at radius 2 is 2.12 bits per heavy atom. The van der Waals surface area contributed by atoms with Crippen molar-refractivity contribution in [2.75, 3.05) is 18.6 Å². The fraction of sp³-hybridized carbons (Fsp3) is 0.400. The van der Waals surface area contributed by atoms with Crippen LogP contribution in [0.1, 0.15) is 33.9 Å². The van der Waals surface area contributed by atoms with Crippen LogP contribution in [0.25, 0.3) is 0 Å². The number of thioether (sulfide) groups is 1. The fourth-order valence-electron chi connectivity index (χ4n) is 1.21. The Hall–Kier alpha value is -1.01. The quantitative estimate of drug-likeness (QED) is 0.511. The molecule has 0 unspecified atom stereocenters. The summed E-state index contributed by atoms with van der Waals surface area (Å²) in [5.74, 6) is 0.189. The normalized spacial score (nSPS) is 10.2. The van der Waals surface area contributed by atoms with Gasteiger partial charge in [0.1, 0.15) is 5.56 Å². The molecule has 0 bridgehead atoms. The number of ether oxygens (including phenoxy) is 1. The topological polar surface area (TPSA) is 69.4 Å². The lowest BCUT2D eigenvalue weighted by atomic mass is 10.2. The Balaban J connectivity index is 3.31. The predicted octanol–water partition coefficient (Wildman–Crippen LogP) is 2.43. The summed E-state index contributed by atoms with van der Waals surface area (Å²) in [5, 5.41) is 0. The van der Waals surface area contributed by atoms with Gasteiger partial charge in [0.05, 0.1) is 21.9 Å². The molecule has 6 heteroatoms. The Morgan fingerprint density at radius 1 is 1.50 bits per heavy atom. The molecule has 0 radical (unpaired) electrons.